The van der Waals surface area contributed by atoms with E-state index in [0.29, 0.717) is 12.4 Å². The number of hydrogen-bond acceptors (Lipinski definition) is 5. The Hall–Kier alpha value is -1.30. The number of hydrogen-bond donors (Lipinski definition) is 1. The normalized spacial score (nSPS) is 18.6. The van der Waals surface area contributed by atoms with Gasteiger partial charge in [0, 0.05) is 33.4 Å². The van der Waals surface area contributed by atoms with Crippen LogP contribution in [0.25, 0.3) is 0 Å². The molecule has 0 aromatic rings. The highest BCUT2D eigenvalue weighted by atomic mass is 16.6. The summed E-state index contributed by atoms with van der Waals surface area (Å²) in [7, 11) is 1.65. The van der Waals surface area contributed by atoms with Crippen LogP contribution >= 0.6 is 0 Å². The highest BCUT2D eigenvalue weighted by molar-refractivity contribution is 4.99. The van der Waals surface area contributed by atoms with Crippen molar-refractivity contribution in [2.24, 2.45) is 0 Å². The molecule has 1 N–H and O–H groups in total. The van der Waals surface area contributed by atoms with Gasteiger partial charge in [-0.25, -0.2) is 0 Å². The van der Waals surface area contributed by atoms with Gasteiger partial charge in [-0.05, 0) is 6.42 Å². The lowest BCUT2D eigenvalue weighted by atomic mass is 10.4. The van der Waals surface area contributed by atoms with Crippen molar-refractivity contribution in [1.29, 1.82) is 0 Å². The topological polar surface area (TPSA) is 67.6 Å². The van der Waals surface area contributed by atoms with Crippen LogP contribution < -0.4 is 5.32 Å². The summed E-state index contributed by atoms with van der Waals surface area (Å²) in [6.07, 6.45) is 1.90. The van der Waals surface area contributed by atoms with E-state index >= 15 is 0 Å². The van der Waals surface area contributed by atoms with Crippen LogP contribution in [0.15, 0.2) is 12.0 Å². The SMILES string of the molecule is COCCCN1CCN/C1=C\[N+](=O)[O-]. The first-order valence-corrected chi connectivity index (χ1v) is 4.57. The summed E-state index contributed by atoms with van der Waals surface area (Å²) in [5.74, 6) is 0.603. The average molecular weight is 201 g/mol. The Morgan fingerprint density at radius 1 is 1.79 bits per heavy atom. The summed E-state index contributed by atoms with van der Waals surface area (Å²) in [6.45, 7) is 3.07. The Bertz CT molecular complexity index is 230. The second-order valence-electron chi connectivity index (χ2n) is 3.06. The number of methoxy groups -OCH3 is 1. The minimum atomic E-state index is -0.434. The Morgan fingerprint density at radius 3 is 3.21 bits per heavy atom. The van der Waals surface area contributed by atoms with E-state index in [1.807, 2.05) is 4.90 Å². The number of nitrogens with zero attached hydrogens (tertiary/aromatic N) is 2. The summed E-state index contributed by atoms with van der Waals surface area (Å²) in [4.78, 5) is 11.8. The van der Waals surface area contributed by atoms with Gasteiger partial charge in [0.05, 0.1) is 4.92 Å². The standard InChI is InChI=1S/C8H15N3O3/c1-14-6-2-4-10-5-3-9-8(10)7-11(12)13/h7,9H,2-6H2,1H3/b8-7+. The third kappa shape index (κ3) is 3.21. The first-order chi connectivity index (χ1) is 6.74. The highest BCUT2D eigenvalue weighted by Gasteiger charge is 2.18. The summed E-state index contributed by atoms with van der Waals surface area (Å²) < 4.78 is 4.92. The Kier molecular flexibility index (Phi) is 4.18. The minimum absolute atomic E-state index is 0.434. The van der Waals surface area contributed by atoms with Crippen LogP contribution in [0.5, 0.6) is 0 Å². The zero-order chi connectivity index (χ0) is 10.4. The van der Waals surface area contributed by atoms with Crippen LogP contribution in [0.2, 0.25) is 0 Å². The quantitative estimate of drug-likeness (QED) is 0.385. The summed E-state index contributed by atoms with van der Waals surface area (Å²) in [6, 6.07) is 0. The van der Waals surface area contributed by atoms with E-state index in [4.69, 9.17) is 4.74 Å². The molecule has 1 aliphatic rings. The predicted molar refractivity (Wildman–Crippen MR) is 51.1 cm³/mol. The molecule has 0 amide bonds. The van der Waals surface area contributed by atoms with Crippen molar-refractivity contribution in [3.63, 3.8) is 0 Å². The maximum atomic E-state index is 10.3. The van der Waals surface area contributed by atoms with Gasteiger partial charge in [-0.3, -0.25) is 10.1 Å². The Labute approximate surface area is 82.7 Å². The van der Waals surface area contributed by atoms with E-state index in [9.17, 15) is 10.1 Å². The molecule has 1 heterocycles. The molecule has 1 saturated heterocycles. The van der Waals surface area contributed by atoms with Crippen LogP contribution in [0.4, 0.5) is 0 Å². The van der Waals surface area contributed by atoms with E-state index in [-0.39, 0.29) is 0 Å². The fourth-order valence-electron chi connectivity index (χ4n) is 1.41. The summed E-state index contributed by atoms with van der Waals surface area (Å²) in [5.41, 5.74) is 0. The van der Waals surface area contributed by atoms with Gasteiger partial charge in [-0.15, -0.1) is 0 Å². The molecule has 0 radical (unpaired) electrons. The van der Waals surface area contributed by atoms with Gasteiger partial charge in [0.15, 0.2) is 5.82 Å². The van der Waals surface area contributed by atoms with E-state index in [2.05, 4.69) is 5.32 Å². The molecule has 0 atom stereocenters. The molecule has 1 fully saturated rings. The molecule has 6 heteroatoms. The van der Waals surface area contributed by atoms with Crippen molar-refractivity contribution in [1.82, 2.24) is 10.2 Å². The molecular weight excluding hydrogens is 186 g/mol. The smallest absolute Gasteiger partial charge is 0.274 e. The molecule has 0 saturated carbocycles. The zero-order valence-corrected chi connectivity index (χ0v) is 8.23. The van der Waals surface area contributed by atoms with Gasteiger partial charge >= 0.3 is 0 Å². The molecule has 80 valence electrons. The second kappa shape index (κ2) is 5.43. The van der Waals surface area contributed by atoms with E-state index < -0.39 is 4.92 Å². The average Bonchev–Trinajstić information content (AvgIpc) is 2.52. The van der Waals surface area contributed by atoms with Crippen LogP contribution in [-0.4, -0.2) is 43.2 Å². The number of ether oxygens (including phenoxy) is 1. The number of nitrogens with one attached hydrogen (secondary N) is 1. The molecule has 0 spiro atoms. The number of nitro groups is 1. The summed E-state index contributed by atoms with van der Waals surface area (Å²) in [5, 5.41) is 13.2. The van der Waals surface area contributed by atoms with Crippen molar-refractivity contribution < 1.29 is 9.66 Å². The first-order valence-electron chi connectivity index (χ1n) is 4.57. The maximum absolute atomic E-state index is 10.3. The minimum Gasteiger partial charge on any atom is -0.385 e. The van der Waals surface area contributed by atoms with Gasteiger partial charge in [0.1, 0.15) is 0 Å². The Morgan fingerprint density at radius 2 is 2.57 bits per heavy atom. The largest absolute Gasteiger partial charge is 0.385 e. The van der Waals surface area contributed by atoms with Gasteiger partial charge in [-0.2, -0.15) is 0 Å². The van der Waals surface area contributed by atoms with Crippen molar-refractivity contribution in [3.05, 3.63) is 22.1 Å². The molecule has 1 rings (SSSR count). The lowest BCUT2D eigenvalue weighted by molar-refractivity contribution is -0.404. The van der Waals surface area contributed by atoms with Crippen LogP contribution in [0.3, 0.4) is 0 Å². The van der Waals surface area contributed by atoms with Crippen molar-refractivity contribution in [3.8, 4) is 0 Å². The van der Waals surface area contributed by atoms with E-state index in [1.54, 1.807) is 7.11 Å². The van der Waals surface area contributed by atoms with Crippen molar-refractivity contribution in [2.45, 2.75) is 6.42 Å². The predicted octanol–water partition coefficient (Wildman–Crippen LogP) is 0.00370. The second-order valence-corrected chi connectivity index (χ2v) is 3.06. The third-order valence-corrected chi connectivity index (χ3v) is 2.03. The fraction of sp³-hybridized carbons (Fsp3) is 0.750. The molecule has 1 aliphatic heterocycles. The Balaban J connectivity index is 2.39. The van der Waals surface area contributed by atoms with E-state index in [0.717, 1.165) is 32.3 Å². The molecule has 0 aromatic carbocycles. The molecule has 0 bridgehead atoms. The lowest BCUT2D eigenvalue weighted by Gasteiger charge is -2.16. The molecule has 0 aromatic heterocycles. The lowest BCUT2D eigenvalue weighted by Crippen LogP contribution is -2.23. The molecule has 0 aliphatic carbocycles. The molecule has 6 nitrogen and oxygen atoms in total. The maximum Gasteiger partial charge on any atom is 0.274 e. The van der Waals surface area contributed by atoms with Crippen LogP contribution in [0, 0.1) is 10.1 Å². The van der Waals surface area contributed by atoms with Gasteiger partial charge in [-0.1, -0.05) is 0 Å². The van der Waals surface area contributed by atoms with Crippen LogP contribution in [-0.2, 0) is 4.74 Å². The van der Waals surface area contributed by atoms with E-state index in [1.165, 1.54) is 0 Å². The highest BCUT2D eigenvalue weighted by Crippen LogP contribution is 2.07. The van der Waals surface area contributed by atoms with Crippen molar-refractivity contribution >= 4 is 0 Å². The van der Waals surface area contributed by atoms with Crippen molar-refractivity contribution in [2.75, 3.05) is 33.4 Å². The fourth-order valence-corrected chi connectivity index (χ4v) is 1.41. The summed E-state index contributed by atoms with van der Waals surface area (Å²) >= 11 is 0. The third-order valence-electron chi connectivity index (χ3n) is 2.03. The van der Waals surface area contributed by atoms with Gasteiger partial charge < -0.3 is 15.0 Å². The zero-order valence-electron chi connectivity index (χ0n) is 8.23. The molecule has 14 heavy (non-hydrogen) atoms. The first kappa shape index (κ1) is 10.8. The molecular formula is C8H15N3O3. The number of rotatable bonds is 5. The molecule has 0 unspecified atom stereocenters. The van der Waals surface area contributed by atoms with Crippen LogP contribution in [0.1, 0.15) is 6.42 Å². The monoisotopic (exact) mass is 201 g/mol. The van der Waals surface area contributed by atoms with Gasteiger partial charge in [0.25, 0.3) is 6.20 Å². The van der Waals surface area contributed by atoms with Gasteiger partial charge in [0.2, 0.25) is 0 Å².